The van der Waals surface area contributed by atoms with E-state index in [9.17, 15) is 21.6 Å². The smallest absolute Gasteiger partial charge is 0.399 e. The lowest BCUT2D eigenvalue weighted by Crippen LogP contribution is -2.26. The number of aromatic nitrogens is 1. The number of hydrogen-bond acceptors (Lipinski definition) is 4. The number of nitrogen functional groups attached to an aromatic ring is 1. The summed E-state index contributed by atoms with van der Waals surface area (Å²) in [6.45, 7) is -0.318. The molecule has 0 spiro atoms. The average Bonchev–Trinajstić information content (AvgIpc) is 2.77. The van der Waals surface area contributed by atoms with Gasteiger partial charge in [0.15, 0.2) is 0 Å². The van der Waals surface area contributed by atoms with Crippen molar-refractivity contribution in [2.24, 2.45) is 0 Å². The first kappa shape index (κ1) is 16.0. The highest BCUT2D eigenvalue weighted by Crippen LogP contribution is 2.29. The number of sulfonamides is 1. The third-order valence-corrected chi connectivity index (χ3v) is 4.85. The molecule has 0 atom stereocenters. The van der Waals surface area contributed by atoms with Crippen LogP contribution >= 0.6 is 11.8 Å². The van der Waals surface area contributed by atoms with Gasteiger partial charge in [-0.1, -0.05) is 0 Å². The maximum absolute atomic E-state index is 12.1. The molecule has 0 amide bonds. The second-order valence-electron chi connectivity index (χ2n) is 4.15. The number of H-pyrrole nitrogens is 1. The standard InChI is InChI=1S/C11H12F3N3O2S2/c12-11(13,14)20-4-3-17-21(18,19)10-6-16-9-2-1-7(15)5-8(9)10/h1-2,5-6,16-17H,3-4,15H2. The fraction of sp³-hybridized carbons (Fsp3) is 0.273. The number of anilines is 1. The second-order valence-corrected chi connectivity index (χ2v) is 7.05. The number of halogens is 3. The number of rotatable bonds is 5. The Labute approximate surface area is 123 Å². The number of nitrogens with one attached hydrogen (secondary N) is 2. The van der Waals surface area contributed by atoms with Crippen molar-refractivity contribution in [3.05, 3.63) is 24.4 Å². The van der Waals surface area contributed by atoms with Crippen LogP contribution in [0.15, 0.2) is 29.3 Å². The maximum Gasteiger partial charge on any atom is 0.441 e. The summed E-state index contributed by atoms with van der Waals surface area (Å²) < 4.78 is 62.2. The molecule has 0 unspecified atom stereocenters. The molecule has 0 fully saturated rings. The molecule has 0 saturated heterocycles. The van der Waals surface area contributed by atoms with Crippen LogP contribution in [0.4, 0.5) is 18.9 Å². The third kappa shape index (κ3) is 4.05. The van der Waals surface area contributed by atoms with Crippen molar-refractivity contribution in [3.8, 4) is 0 Å². The lowest BCUT2D eigenvalue weighted by molar-refractivity contribution is -0.0327. The molecule has 5 nitrogen and oxygen atoms in total. The number of alkyl halides is 3. The third-order valence-electron chi connectivity index (χ3n) is 2.62. The van der Waals surface area contributed by atoms with Gasteiger partial charge >= 0.3 is 5.51 Å². The Morgan fingerprint density at radius 3 is 2.71 bits per heavy atom. The number of nitrogens with two attached hydrogens (primary N) is 1. The molecule has 0 aliphatic rings. The minimum absolute atomic E-state index is 0.0400. The van der Waals surface area contributed by atoms with Crippen LogP contribution in [0, 0.1) is 0 Å². The predicted molar refractivity (Wildman–Crippen MR) is 76.4 cm³/mol. The monoisotopic (exact) mass is 339 g/mol. The Hall–Kier alpha value is -1.39. The van der Waals surface area contributed by atoms with Gasteiger partial charge in [0.05, 0.1) is 0 Å². The zero-order chi connectivity index (χ0) is 15.7. The first-order valence-corrected chi connectivity index (χ1v) is 8.23. The number of aromatic amines is 1. The van der Waals surface area contributed by atoms with Crippen molar-refractivity contribution < 1.29 is 21.6 Å². The number of thioether (sulfide) groups is 1. The van der Waals surface area contributed by atoms with Gasteiger partial charge in [-0.25, -0.2) is 13.1 Å². The molecule has 2 aromatic rings. The minimum atomic E-state index is -4.37. The first-order chi connectivity index (χ1) is 9.69. The molecule has 21 heavy (non-hydrogen) atoms. The molecule has 2 rings (SSSR count). The van der Waals surface area contributed by atoms with E-state index in [1.54, 1.807) is 12.1 Å². The van der Waals surface area contributed by atoms with E-state index in [-0.39, 0.29) is 23.2 Å². The largest absolute Gasteiger partial charge is 0.441 e. The van der Waals surface area contributed by atoms with Crippen molar-refractivity contribution in [2.75, 3.05) is 18.0 Å². The fourth-order valence-electron chi connectivity index (χ4n) is 1.76. The highest BCUT2D eigenvalue weighted by Gasteiger charge is 2.28. The normalized spacial score (nSPS) is 12.9. The van der Waals surface area contributed by atoms with Gasteiger partial charge in [0, 0.05) is 35.1 Å². The molecule has 1 aromatic carbocycles. The highest BCUT2D eigenvalue weighted by molar-refractivity contribution is 8.00. The van der Waals surface area contributed by atoms with Gasteiger partial charge in [0.2, 0.25) is 10.0 Å². The molecule has 0 aliphatic carbocycles. The average molecular weight is 339 g/mol. The molecule has 0 aliphatic heterocycles. The zero-order valence-corrected chi connectivity index (χ0v) is 12.2. The predicted octanol–water partition coefficient (Wildman–Crippen LogP) is 2.28. The summed E-state index contributed by atoms with van der Waals surface area (Å²) in [6.07, 6.45) is 1.28. The molecular formula is C11H12F3N3O2S2. The Morgan fingerprint density at radius 2 is 2.05 bits per heavy atom. The number of hydrogen-bond donors (Lipinski definition) is 3. The van der Waals surface area contributed by atoms with Crippen LogP contribution < -0.4 is 10.5 Å². The second kappa shape index (κ2) is 5.78. The highest BCUT2D eigenvalue weighted by atomic mass is 32.2. The van der Waals surface area contributed by atoms with Crippen LogP contribution in [0.2, 0.25) is 0 Å². The molecule has 4 N–H and O–H groups in total. The molecule has 0 bridgehead atoms. The van der Waals surface area contributed by atoms with Gasteiger partial charge in [0.25, 0.3) is 0 Å². The van der Waals surface area contributed by atoms with Gasteiger partial charge in [-0.05, 0) is 30.0 Å². The lowest BCUT2D eigenvalue weighted by Gasteiger charge is -2.07. The molecule has 1 heterocycles. The SMILES string of the molecule is Nc1ccc2[nH]cc(S(=O)(=O)NCCSC(F)(F)F)c2c1. The Balaban J connectivity index is 2.13. The number of benzene rings is 1. The first-order valence-electron chi connectivity index (χ1n) is 5.76. The van der Waals surface area contributed by atoms with E-state index < -0.39 is 21.3 Å². The summed E-state index contributed by atoms with van der Waals surface area (Å²) in [5.74, 6) is -0.396. The lowest BCUT2D eigenvalue weighted by atomic mass is 10.2. The van der Waals surface area contributed by atoms with E-state index in [1.807, 2.05) is 0 Å². The van der Waals surface area contributed by atoms with E-state index in [1.165, 1.54) is 12.3 Å². The summed E-state index contributed by atoms with van der Waals surface area (Å²) in [7, 11) is -3.90. The molecule has 116 valence electrons. The van der Waals surface area contributed by atoms with Crippen LogP contribution in [0.5, 0.6) is 0 Å². The van der Waals surface area contributed by atoms with Gasteiger partial charge in [-0.15, -0.1) is 0 Å². The van der Waals surface area contributed by atoms with Crippen molar-refractivity contribution in [1.29, 1.82) is 0 Å². The molecule has 0 radical (unpaired) electrons. The molecular weight excluding hydrogens is 327 g/mol. The van der Waals surface area contributed by atoms with Gasteiger partial charge in [-0.3, -0.25) is 0 Å². The van der Waals surface area contributed by atoms with Crippen molar-refractivity contribution in [1.82, 2.24) is 9.71 Å². The summed E-state index contributed by atoms with van der Waals surface area (Å²) in [6, 6.07) is 4.73. The topological polar surface area (TPSA) is 88.0 Å². The van der Waals surface area contributed by atoms with Crippen molar-refractivity contribution in [3.63, 3.8) is 0 Å². The zero-order valence-electron chi connectivity index (χ0n) is 10.6. The summed E-state index contributed by atoms with van der Waals surface area (Å²) in [4.78, 5) is 2.74. The van der Waals surface area contributed by atoms with E-state index >= 15 is 0 Å². The number of fused-ring (bicyclic) bond motifs is 1. The van der Waals surface area contributed by atoms with E-state index in [2.05, 4.69) is 9.71 Å². The van der Waals surface area contributed by atoms with Crippen molar-refractivity contribution >= 4 is 38.4 Å². The quantitative estimate of drug-likeness (QED) is 0.576. The van der Waals surface area contributed by atoms with Crippen LogP contribution in [0.1, 0.15) is 0 Å². The Morgan fingerprint density at radius 1 is 1.33 bits per heavy atom. The van der Waals surface area contributed by atoms with Crippen LogP contribution in [0.25, 0.3) is 10.9 Å². The summed E-state index contributed by atoms with van der Waals surface area (Å²) >= 11 is -0.277. The Kier molecular flexibility index (Phi) is 4.40. The van der Waals surface area contributed by atoms with E-state index in [4.69, 9.17) is 5.73 Å². The van der Waals surface area contributed by atoms with Gasteiger partial charge in [-0.2, -0.15) is 13.2 Å². The van der Waals surface area contributed by atoms with Gasteiger partial charge in [0.1, 0.15) is 4.90 Å². The summed E-state index contributed by atoms with van der Waals surface area (Å²) in [5, 5.41) is 0.394. The fourth-order valence-corrected chi connectivity index (χ4v) is 3.52. The van der Waals surface area contributed by atoms with Gasteiger partial charge < -0.3 is 10.7 Å². The van der Waals surface area contributed by atoms with Crippen LogP contribution in [-0.2, 0) is 10.0 Å². The molecule has 10 heteroatoms. The summed E-state index contributed by atoms with van der Waals surface area (Å²) in [5.41, 5.74) is 2.21. The Bertz CT molecular complexity index is 741. The van der Waals surface area contributed by atoms with E-state index in [0.29, 0.717) is 16.6 Å². The minimum Gasteiger partial charge on any atom is -0.399 e. The van der Waals surface area contributed by atoms with E-state index in [0.717, 1.165) is 0 Å². The molecule has 1 aromatic heterocycles. The van der Waals surface area contributed by atoms with Crippen LogP contribution in [-0.4, -0.2) is 31.2 Å². The molecule has 0 saturated carbocycles. The van der Waals surface area contributed by atoms with Crippen molar-refractivity contribution in [2.45, 2.75) is 10.4 Å². The van der Waals surface area contributed by atoms with Crippen LogP contribution in [0.3, 0.4) is 0 Å². The maximum atomic E-state index is 12.1.